The van der Waals surface area contributed by atoms with E-state index in [-0.39, 0.29) is 10.9 Å². The molecule has 0 aliphatic rings. The number of sulfonamides is 1. The highest BCUT2D eigenvalue weighted by molar-refractivity contribution is 7.92. The molecule has 0 fully saturated rings. The second kappa shape index (κ2) is 6.28. The summed E-state index contributed by atoms with van der Waals surface area (Å²) in [4.78, 5) is 0.235. The molecule has 7 heteroatoms. The molecule has 2 rings (SSSR count). The van der Waals surface area contributed by atoms with Crippen LogP contribution in [0.4, 0.5) is 5.82 Å². The first-order valence-corrected chi connectivity index (χ1v) is 8.22. The summed E-state index contributed by atoms with van der Waals surface area (Å²) in [5.41, 5.74) is 1.03. The topological polar surface area (TPSA) is 76.0 Å². The Labute approximate surface area is 125 Å². The summed E-state index contributed by atoms with van der Waals surface area (Å²) in [6.07, 6.45) is 1.58. The average Bonchev–Trinajstić information content (AvgIpc) is 2.87. The van der Waals surface area contributed by atoms with Crippen molar-refractivity contribution in [2.45, 2.75) is 31.3 Å². The third-order valence-corrected chi connectivity index (χ3v) is 4.38. The first-order valence-electron chi connectivity index (χ1n) is 6.74. The first-order chi connectivity index (χ1) is 9.94. The van der Waals surface area contributed by atoms with Gasteiger partial charge in [0, 0.05) is 18.7 Å². The molecule has 0 atom stereocenters. The molecule has 0 saturated heterocycles. The fourth-order valence-electron chi connectivity index (χ4n) is 1.99. The lowest BCUT2D eigenvalue weighted by Crippen LogP contribution is -2.17. The first kappa shape index (κ1) is 15.5. The number of anilines is 1. The van der Waals surface area contributed by atoms with Crippen LogP contribution in [-0.4, -0.2) is 25.2 Å². The monoisotopic (exact) mass is 308 g/mol. The molecule has 0 aliphatic carbocycles. The van der Waals surface area contributed by atoms with Crippen molar-refractivity contribution in [2.24, 2.45) is 0 Å². The summed E-state index contributed by atoms with van der Waals surface area (Å²) < 4.78 is 29.0. The van der Waals surface area contributed by atoms with Crippen LogP contribution in [0.25, 0.3) is 0 Å². The van der Waals surface area contributed by atoms with Crippen molar-refractivity contribution in [3.8, 4) is 0 Å². The molecule has 0 aliphatic heterocycles. The van der Waals surface area contributed by atoms with Crippen LogP contribution < -0.4 is 10.0 Å². The standard InChI is InChI=1S/C14H20N4O2S/c1-11(2)18-14(8-9-16-18)17-21(19,20)13-6-4-12(5-7-13)10-15-3/h4-9,11,15,17H,10H2,1-3H3. The third-order valence-electron chi connectivity index (χ3n) is 3.01. The van der Waals surface area contributed by atoms with E-state index in [4.69, 9.17) is 0 Å². The van der Waals surface area contributed by atoms with Crippen LogP contribution in [0.2, 0.25) is 0 Å². The maximum Gasteiger partial charge on any atom is 0.263 e. The van der Waals surface area contributed by atoms with Gasteiger partial charge in [-0.1, -0.05) is 12.1 Å². The number of benzene rings is 1. The van der Waals surface area contributed by atoms with Gasteiger partial charge in [-0.25, -0.2) is 13.1 Å². The zero-order valence-corrected chi connectivity index (χ0v) is 13.2. The minimum atomic E-state index is -3.60. The van der Waals surface area contributed by atoms with Gasteiger partial charge < -0.3 is 5.32 Å². The predicted octanol–water partition coefficient (Wildman–Crippen LogP) is 1.98. The van der Waals surface area contributed by atoms with Crippen molar-refractivity contribution in [2.75, 3.05) is 11.8 Å². The predicted molar refractivity (Wildman–Crippen MR) is 82.6 cm³/mol. The molecule has 0 unspecified atom stereocenters. The average molecular weight is 308 g/mol. The van der Waals surface area contributed by atoms with Crippen LogP contribution in [0.3, 0.4) is 0 Å². The van der Waals surface area contributed by atoms with Gasteiger partial charge in [-0.15, -0.1) is 0 Å². The van der Waals surface area contributed by atoms with E-state index in [1.807, 2.05) is 20.9 Å². The van der Waals surface area contributed by atoms with Crippen LogP contribution in [0.1, 0.15) is 25.5 Å². The van der Waals surface area contributed by atoms with Crippen molar-refractivity contribution < 1.29 is 8.42 Å². The second-order valence-electron chi connectivity index (χ2n) is 5.03. The maximum atomic E-state index is 12.4. The molecule has 0 bridgehead atoms. The summed E-state index contributed by atoms with van der Waals surface area (Å²) in [6.45, 7) is 4.59. The molecule has 2 N–H and O–H groups in total. The molecule has 2 aromatic rings. The smallest absolute Gasteiger partial charge is 0.263 e. The molecular weight excluding hydrogens is 288 g/mol. The van der Waals surface area contributed by atoms with Crippen LogP contribution in [0.5, 0.6) is 0 Å². The van der Waals surface area contributed by atoms with E-state index in [0.717, 1.165) is 5.56 Å². The number of rotatable bonds is 6. The zero-order chi connectivity index (χ0) is 15.5. The summed E-state index contributed by atoms with van der Waals surface area (Å²) in [6, 6.07) is 8.52. The van der Waals surface area contributed by atoms with E-state index in [1.165, 1.54) is 0 Å². The Bertz CT molecular complexity index is 690. The Kier molecular flexibility index (Phi) is 4.64. The molecule has 6 nitrogen and oxygen atoms in total. The quantitative estimate of drug-likeness (QED) is 0.855. The van der Waals surface area contributed by atoms with E-state index in [0.29, 0.717) is 12.4 Å². The van der Waals surface area contributed by atoms with Gasteiger partial charge in [0.25, 0.3) is 10.0 Å². The van der Waals surface area contributed by atoms with Crippen molar-refractivity contribution in [3.05, 3.63) is 42.1 Å². The molecule has 0 spiro atoms. The third kappa shape index (κ3) is 3.62. The van der Waals surface area contributed by atoms with Gasteiger partial charge in [0.2, 0.25) is 0 Å². The second-order valence-corrected chi connectivity index (χ2v) is 6.72. The van der Waals surface area contributed by atoms with Gasteiger partial charge in [0.15, 0.2) is 0 Å². The molecule has 1 aromatic heterocycles. The molecule has 1 heterocycles. The lowest BCUT2D eigenvalue weighted by atomic mass is 10.2. The van der Waals surface area contributed by atoms with Crippen LogP contribution in [-0.2, 0) is 16.6 Å². The highest BCUT2D eigenvalue weighted by Crippen LogP contribution is 2.19. The van der Waals surface area contributed by atoms with E-state index in [2.05, 4.69) is 15.1 Å². The number of hydrogen-bond acceptors (Lipinski definition) is 4. The molecule has 21 heavy (non-hydrogen) atoms. The molecular formula is C14H20N4O2S. The summed E-state index contributed by atoms with van der Waals surface area (Å²) in [5, 5.41) is 7.14. The minimum Gasteiger partial charge on any atom is -0.316 e. The summed E-state index contributed by atoms with van der Waals surface area (Å²) in [5.74, 6) is 0.462. The van der Waals surface area contributed by atoms with Crippen molar-refractivity contribution >= 4 is 15.8 Å². The van der Waals surface area contributed by atoms with Gasteiger partial charge in [-0.2, -0.15) is 5.10 Å². The number of aromatic nitrogens is 2. The van der Waals surface area contributed by atoms with E-state index < -0.39 is 10.0 Å². The fraction of sp³-hybridized carbons (Fsp3) is 0.357. The van der Waals surface area contributed by atoms with Crippen molar-refractivity contribution in [1.82, 2.24) is 15.1 Å². The van der Waals surface area contributed by atoms with E-state index >= 15 is 0 Å². The van der Waals surface area contributed by atoms with Crippen molar-refractivity contribution in [3.63, 3.8) is 0 Å². The molecule has 0 saturated carbocycles. The Hall–Kier alpha value is -1.86. The van der Waals surface area contributed by atoms with Gasteiger partial charge in [0.05, 0.1) is 11.1 Å². The number of nitrogens with zero attached hydrogens (tertiary/aromatic N) is 2. The van der Waals surface area contributed by atoms with E-state index in [9.17, 15) is 8.42 Å². The maximum absolute atomic E-state index is 12.4. The van der Waals surface area contributed by atoms with Gasteiger partial charge in [-0.3, -0.25) is 4.72 Å². The van der Waals surface area contributed by atoms with E-state index in [1.54, 1.807) is 41.2 Å². The molecule has 0 amide bonds. The Morgan fingerprint density at radius 1 is 1.19 bits per heavy atom. The minimum absolute atomic E-state index is 0.0794. The Morgan fingerprint density at radius 2 is 1.86 bits per heavy atom. The highest BCUT2D eigenvalue weighted by atomic mass is 32.2. The summed E-state index contributed by atoms with van der Waals surface area (Å²) >= 11 is 0. The van der Waals surface area contributed by atoms with Gasteiger partial charge in [-0.05, 0) is 38.6 Å². The number of nitrogens with one attached hydrogen (secondary N) is 2. The Morgan fingerprint density at radius 3 is 2.43 bits per heavy atom. The lowest BCUT2D eigenvalue weighted by Gasteiger charge is -2.13. The molecule has 114 valence electrons. The summed E-state index contributed by atoms with van der Waals surface area (Å²) in [7, 11) is -1.76. The lowest BCUT2D eigenvalue weighted by molar-refractivity contribution is 0.539. The molecule has 0 radical (unpaired) electrons. The molecule has 1 aromatic carbocycles. The largest absolute Gasteiger partial charge is 0.316 e. The normalized spacial score (nSPS) is 11.8. The zero-order valence-electron chi connectivity index (χ0n) is 12.4. The SMILES string of the molecule is CNCc1ccc(S(=O)(=O)Nc2ccnn2C(C)C)cc1. The number of hydrogen-bond donors (Lipinski definition) is 2. The highest BCUT2D eigenvalue weighted by Gasteiger charge is 2.17. The Balaban J connectivity index is 2.23. The van der Waals surface area contributed by atoms with Crippen LogP contribution >= 0.6 is 0 Å². The van der Waals surface area contributed by atoms with Crippen molar-refractivity contribution in [1.29, 1.82) is 0 Å². The van der Waals surface area contributed by atoms with Crippen LogP contribution in [0, 0.1) is 0 Å². The van der Waals surface area contributed by atoms with Gasteiger partial charge in [0.1, 0.15) is 5.82 Å². The fourth-order valence-corrected chi connectivity index (χ4v) is 3.04. The van der Waals surface area contributed by atoms with Gasteiger partial charge >= 0.3 is 0 Å². The van der Waals surface area contributed by atoms with Crippen LogP contribution in [0.15, 0.2) is 41.4 Å².